The van der Waals surface area contributed by atoms with Crippen molar-refractivity contribution < 1.29 is 9.59 Å². The van der Waals surface area contributed by atoms with Gasteiger partial charge in [0.15, 0.2) is 0 Å². The van der Waals surface area contributed by atoms with E-state index in [0.29, 0.717) is 27.0 Å². The zero-order valence-corrected chi connectivity index (χ0v) is 19.3. The van der Waals surface area contributed by atoms with Crippen LogP contribution < -0.4 is 10.2 Å². The fourth-order valence-electron chi connectivity index (χ4n) is 3.47. The lowest BCUT2D eigenvalue weighted by molar-refractivity contribution is -0.115. The Morgan fingerprint density at radius 2 is 1.84 bits per heavy atom. The van der Waals surface area contributed by atoms with E-state index in [1.807, 2.05) is 54.3 Å². The summed E-state index contributed by atoms with van der Waals surface area (Å²) in [6.45, 7) is 4.09. The monoisotopic (exact) mass is 470 g/mol. The molecule has 3 aromatic rings. The van der Waals surface area contributed by atoms with Crippen LogP contribution >= 0.6 is 35.0 Å². The number of nitrogens with one attached hydrogen (secondary N) is 1. The summed E-state index contributed by atoms with van der Waals surface area (Å²) in [4.78, 5) is 27.2. The molecular formula is C24H20Cl2N2O2S. The largest absolute Gasteiger partial charge is 0.322 e. The van der Waals surface area contributed by atoms with Gasteiger partial charge in [-0.2, -0.15) is 0 Å². The van der Waals surface area contributed by atoms with Gasteiger partial charge in [-0.3, -0.25) is 14.5 Å². The van der Waals surface area contributed by atoms with Gasteiger partial charge in [0, 0.05) is 16.4 Å². The Labute approximate surface area is 195 Å². The SMILES string of the molecule is Cc1ccc(N2C(=O)CS[C@@H]2c2cccc(NC(=O)c3ccc(Cl)cc3Cl)c2)cc1C. The average Bonchev–Trinajstić information content (AvgIpc) is 3.11. The van der Waals surface area contributed by atoms with Crippen LogP contribution in [0.15, 0.2) is 60.7 Å². The van der Waals surface area contributed by atoms with Crippen LogP contribution in [-0.4, -0.2) is 17.6 Å². The van der Waals surface area contributed by atoms with Gasteiger partial charge >= 0.3 is 0 Å². The molecule has 1 aliphatic rings. The zero-order chi connectivity index (χ0) is 22.1. The van der Waals surface area contributed by atoms with Crippen molar-refractivity contribution >= 4 is 58.2 Å². The number of carbonyl (C=O) groups excluding carboxylic acids is 2. The molecule has 1 heterocycles. The second kappa shape index (κ2) is 8.95. The van der Waals surface area contributed by atoms with Crippen molar-refractivity contribution in [3.05, 3.63) is 93.0 Å². The highest BCUT2D eigenvalue weighted by Crippen LogP contribution is 2.42. The molecule has 0 spiro atoms. The molecule has 1 N–H and O–H groups in total. The third-order valence-corrected chi connectivity index (χ3v) is 7.00. The lowest BCUT2D eigenvalue weighted by Gasteiger charge is -2.25. The summed E-state index contributed by atoms with van der Waals surface area (Å²) < 4.78 is 0. The molecule has 4 rings (SSSR count). The Bertz CT molecular complexity index is 1180. The van der Waals surface area contributed by atoms with E-state index in [0.717, 1.165) is 16.8 Å². The maximum absolute atomic E-state index is 12.7. The van der Waals surface area contributed by atoms with Crippen molar-refractivity contribution in [2.45, 2.75) is 19.2 Å². The van der Waals surface area contributed by atoms with Crippen LogP contribution in [-0.2, 0) is 4.79 Å². The Morgan fingerprint density at radius 3 is 2.58 bits per heavy atom. The van der Waals surface area contributed by atoms with Crippen LogP contribution in [0.1, 0.15) is 32.4 Å². The first-order valence-electron chi connectivity index (χ1n) is 9.71. The maximum atomic E-state index is 12.7. The summed E-state index contributed by atoms with van der Waals surface area (Å²) in [6.07, 6.45) is 0. The Kier molecular flexibility index (Phi) is 6.28. The normalized spacial score (nSPS) is 15.9. The number of nitrogens with zero attached hydrogens (tertiary/aromatic N) is 1. The fraction of sp³-hybridized carbons (Fsp3) is 0.167. The number of anilines is 2. The lowest BCUT2D eigenvalue weighted by Crippen LogP contribution is -2.28. The predicted octanol–water partition coefficient (Wildman–Crippen LogP) is 6.64. The molecule has 1 saturated heterocycles. The summed E-state index contributed by atoms with van der Waals surface area (Å²) in [5.41, 5.74) is 5.12. The average molecular weight is 471 g/mol. The molecule has 31 heavy (non-hydrogen) atoms. The highest BCUT2D eigenvalue weighted by Gasteiger charge is 2.34. The van der Waals surface area contributed by atoms with Crippen molar-refractivity contribution in [1.82, 2.24) is 0 Å². The van der Waals surface area contributed by atoms with Crippen molar-refractivity contribution in [2.24, 2.45) is 0 Å². The molecule has 0 bridgehead atoms. The van der Waals surface area contributed by atoms with Gasteiger partial charge in [-0.25, -0.2) is 0 Å². The molecule has 3 aromatic carbocycles. The van der Waals surface area contributed by atoms with Gasteiger partial charge in [0.25, 0.3) is 5.91 Å². The zero-order valence-electron chi connectivity index (χ0n) is 17.0. The van der Waals surface area contributed by atoms with E-state index < -0.39 is 0 Å². The number of amides is 2. The van der Waals surface area contributed by atoms with Crippen LogP contribution in [0.4, 0.5) is 11.4 Å². The van der Waals surface area contributed by atoms with Gasteiger partial charge in [0.1, 0.15) is 5.37 Å². The Balaban J connectivity index is 1.60. The first-order valence-corrected chi connectivity index (χ1v) is 11.5. The van der Waals surface area contributed by atoms with Crippen molar-refractivity contribution in [3.63, 3.8) is 0 Å². The van der Waals surface area contributed by atoms with E-state index in [1.54, 1.807) is 23.9 Å². The molecule has 4 nitrogen and oxygen atoms in total. The molecule has 0 saturated carbocycles. The molecule has 0 aromatic heterocycles. The minimum atomic E-state index is -0.319. The first-order chi connectivity index (χ1) is 14.8. The molecule has 1 atom stereocenters. The second-order valence-corrected chi connectivity index (χ2v) is 9.31. The number of rotatable bonds is 4. The van der Waals surface area contributed by atoms with Crippen LogP contribution in [0.5, 0.6) is 0 Å². The smallest absolute Gasteiger partial charge is 0.257 e. The minimum Gasteiger partial charge on any atom is -0.322 e. The number of hydrogen-bond donors (Lipinski definition) is 1. The molecule has 0 radical (unpaired) electrons. The lowest BCUT2D eigenvalue weighted by atomic mass is 10.1. The highest BCUT2D eigenvalue weighted by atomic mass is 35.5. The highest BCUT2D eigenvalue weighted by molar-refractivity contribution is 8.00. The summed E-state index contributed by atoms with van der Waals surface area (Å²) in [5, 5.41) is 3.49. The van der Waals surface area contributed by atoms with E-state index in [1.165, 1.54) is 11.6 Å². The van der Waals surface area contributed by atoms with E-state index >= 15 is 0 Å². The molecule has 1 fully saturated rings. The summed E-state index contributed by atoms with van der Waals surface area (Å²) in [5.74, 6) is 0.162. The minimum absolute atomic E-state index is 0.0700. The summed E-state index contributed by atoms with van der Waals surface area (Å²) in [7, 11) is 0. The molecule has 0 aliphatic carbocycles. The number of carbonyl (C=O) groups is 2. The third kappa shape index (κ3) is 4.59. The van der Waals surface area contributed by atoms with E-state index in [-0.39, 0.29) is 17.2 Å². The van der Waals surface area contributed by atoms with Crippen molar-refractivity contribution in [2.75, 3.05) is 16.0 Å². The van der Waals surface area contributed by atoms with Gasteiger partial charge in [-0.05, 0) is 73.0 Å². The van der Waals surface area contributed by atoms with Crippen LogP contribution in [0.25, 0.3) is 0 Å². The molecule has 2 amide bonds. The van der Waals surface area contributed by atoms with Crippen molar-refractivity contribution in [3.8, 4) is 0 Å². The predicted molar refractivity (Wildman–Crippen MR) is 129 cm³/mol. The van der Waals surface area contributed by atoms with Crippen LogP contribution in [0.2, 0.25) is 10.0 Å². The quantitative estimate of drug-likeness (QED) is 0.464. The fourth-order valence-corrected chi connectivity index (χ4v) is 5.13. The van der Waals surface area contributed by atoms with Gasteiger partial charge < -0.3 is 5.32 Å². The molecule has 0 unspecified atom stereocenters. The molecule has 7 heteroatoms. The first kappa shape index (κ1) is 21.8. The van der Waals surface area contributed by atoms with E-state index in [4.69, 9.17) is 23.2 Å². The van der Waals surface area contributed by atoms with Gasteiger partial charge in [0.2, 0.25) is 5.91 Å². The van der Waals surface area contributed by atoms with Gasteiger partial charge in [-0.1, -0.05) is 41.4 Å². The van der Waals surface area contributed by atoms with E-state index in [2.05, 4.69) is 12.2 Å². The van der Waals surface area contributed by atoms with Gasteiger partial charge in [-0.15, -0.1) is 11.8 Å². The standard InChI is InChI=1S/C24H20Cl2N2O2S/c1-14-6-8-19(10-15(14)2)28-22(29)13-31-24(28)16-4-3-5-18(11-16)27-23(30)20-9-7-17(25)12-21(20)26/h3-12,24H,13H2,1-2H3,(H,27,30)/t24-/m1/s1. The summed E-state index contributed by atoms with van der Waals surface area (Å²) in [6, 6.07) is 18.4. The third-order valence-electron chi connectivity index (χ3n) is 5.24. The molecule has 158 valence electrons. The van der Waals surface area contributed by atoms with Gasteiger partial charge in [0.05, 0.1) is 16.3 Å². The maximum Gasteiger partial charge on any atom is 0.257 e. The number of benzene rings is 3. The number of hydrogen-bond acceptors (Lipinski definition) is 3. The Morgan fingerprint density at radius 1 is 1.03 bits per heavy atom. The molecule has 1 aliphatic heterocycles. The van der Waals surface area contributed by atoms with E-state index in [9.17, 15) is 9.59 Å². The van der Waals surface area contributed by atoms with Crippen LogP contribution in [0.3, 0.4) is 0 Å². The Hall–Kier alpha value is -2.47. The summed E-state index contributed by atoms with van der Waals surface area (Å²) >= 11 is 13.7. The number of aryl methyl sites for hydroxylation is 2. The number of thioether (sulfide) groups is 1. The number of halogens is 2. The topological polar surface area (TPSA) is 49.4 Å². The van der Waals surface area contributed by atoms with Crippen LogP contribution in [0, 0.1) is 13.8 Å². The second-order valence-electron chi connectivity index (χ2n) is 7.40. The van der Waals surface area contributed by atoms with Crippen molar-refractivity contribution in [1.29, 1.82) is 0 Å². The molecular weight excluding hydrogens is 451 g/mol.